The van der Waals surface area contributed by atoms with Crippen molar-refractivity contribution in [3.05, 3.63) is 29.8 Å². The number of benzene rings is 1. The summed E-state index contributed by atoms with van der Waals surface area (Å²) in [6.07, 6.45) is 3.98. The van der Waals surface area contributed by atoms with Crippen LogP contribution in [0.2, 0.25) is 0 Å². The molecule has 18 heavy (non-hydrogen) atoms. The van der Waals surface area contributed by atoms with Crippen LogP contribution >= 0.6 is 11.8 Å². The van der Waals surface area contributed by atoms with Crippen LogP contribution in [0.3, 0.4) is 0 Å². The third kappa shape index (κ3) is 3.28. The average molecular weight is 263 g/mol. The summed E-state index contributed by atoms with van der Waals surface area (Å²) in [6, 6.07) is 9.28. The molecule has 0 bridgehead atoms. The number of hydrogen-bond acceptors (Lipinski definition) is 3. The van der Waals surface area contributed by atoms with Gasteiger partial charge in [-0.3, -0.25) is 0 Å². The van der Waals surface area contributed by atoms with Gasteiger partial charge >= 0.3 is 0 Å². The quantitative estimate of drug-likeness (QED) is 0.796. The van der Waals surface area contributed by atoms with Crippen molar-refractivity contribution in [2.24, 2.45) is 5.92 Å². The first kappa shape index (κ1) is 12.5. The highest BCUT2D eigenvalue weighted by Gasteiger charge is 2.21. The van der Waals surface area contributed by atoms with Crippen LogP contribution in [-0.2, 0) is 4.74 Å². The van der Waals surface area contributed by atoms with Gasteiger partial charge in [0.2, 0.25) is 0 Å². The number of rotatable bonds is 6. The molecule has 1 saturated carbocycles. The molecule has 98 valence electrons. The van der Waals surface area contributed by atoms with Gasteiger partial charge in [-0.25, -0.2) is 0 Å². The first-order chi connectivity index (χ1) is 8.93. The molecule has 1 fully saturated rings. The third-order valence-corrected chi connectivity index (χ3v) is 4.77. The van der Waals surface area contributed by atoms with Crippen LogP contribution in [0.1, 0.15) is 30.9 Å². The Morgan fingerprint density at radius 2 is 2.11 bits per heavy atom. The van der Waals surface area contributed by atoms with Crippen molar-refractivity contribution >= 4 is 11.8 Å². The second kappa shape index (κ2) is 6.09. The molecular formula is C15H21NOS. The molecule has 3 heteroatoms. The summed E-state index contributed by atoms with van der Waals surface area (Å²) in [5.74, 6) is 2.09. The number of fused-ring (bicyclic) bond motifs is 1. The Morgan fingerprint density at radius 1 is 1.22 bits per heavy atom. The Bertz CT molecular complexity index is 392. The van der Waals surface area contributed by atoms with Crippen molar-refractivity contribution in [3.8, 4) is 0 Å². The number of nitrogens with one attached hydrogen (secondary N) is 1. The maximum atomic E-state index is 5.67. The zero-order chi connectivity index (χ0) is 12.2. The first-order valence-corrected chi connectivity index (χ1v) is 7.95. The summed E-state index contributed by atoms with van der Waals surface area (Å²) in [5.41, 5.74) is 1.47. The zero-order valence-electron chi connectivity index (χ0n) is 10.7. The SMILES string of the molecule is c1ccc2c(c1)SCCC2NCCOCC1CC1. The standard InChI is InChI=1S/C15H21NOS/c1-2-4-15-13(3-1)14(7-10-18-15)16-8-9-17-11-12-5-6-12/h1-4,12,14,16H,5-11H2. The molecular weight excluding hydrogens is 242 g/mol. The highest BCUT2D eigenvalue weighted by atomic mass is 32.2. The minimum absolute atomic E-state index is 0.520. The molecule has 1 unspecified atom stereocenters. The lowest BCUT2D eigenvalue weighted by atomic mass is 10.0. The molecule has 3 rings (SSSR count). The molecule has 0 spiro atoms. The van der Waals surface area contributed by atoms with Crippen molar-refractivity contribution < 1.29 is 4.74 Å². The Kier molecular flexibility index (Phi) is 4.24. The normalized spacial score (nSPS) is 22.8. The Morgan fingerprint density at radius 3 is 3.00 bits per heavy atom. The van der Waals surface area contributed by atoms with Crippen molar-refractivity contribution in [2.45, 2.75) is 30.2 Å². The fourth-order valence-corrected chi connectivity index (χ4v) is 3.52. The van der Waals surface area contributed by atoms with Gasteiger partial charge in [-0.1, -0.05) is 18.2 Å². The zero-order valence-corrected chi connectivity index (χ0v) is 11.5. The fraction of sp³-hybridized carbons (Fsp3) is 0.600. The van der Waals surface area contributed by atoms with E-state index in [-0.39, 0.29) is 0 Å². The molecule has 1 aliphatic heterocycles. The molecule has 1 N–H and O–H groups in total. The van der Waals surface area contributed by atoms with Crippen molar-refractivity contribution in [1.29, 1.82) is 0 Å². The van der Waals surface area contributed by atoms with Gasteiger partial charge in [-0.15, -0.1) is 11.8 Å². The van der Waals surface area contributed by atoms with Crippen molar-refractivity contribution in [3.63, 3.8) is 0 Å². The van der Waals surface area contributed by atoms with E-state index in [2.05, 4.69) is 29.6 Å². The predicted molar refractivity (Wildman–Crippen MR) is 76.1 cm³/mol. The Balaban J connectivity index is 1.44. The van der Waals surface area contributed by atoms with E-state index in [4.69, 9.17) is 4.74 Å². The first-order valence-electron chi connectivity index (χ1n) is 6.96. The van der Waals surface area contributed by atoms with E-state index in [1.54, 1.807) is 0 Å². The van der Waals surface area contributed by atoms with Crippen LogP contribution in [0.15, 0.2) is 29.2 Å². The van der Waals surface area contributed by atoms with Gasteiger partial charge < -0.3 is 10.1 Å². The summed E-state index contributed by atoms with van der Waals surface area (Å²) >= 11 is 1.98. The van der Waals surface area contributed by atoms with E-state index >= 15 is 0 Å². The summed E-state index contributed by atoms with van der Waals surface area (Å²) in [6.45, 7) is 2.79. The number of hydrogen-bond donors (Lipinski definition) is 1. The van der Waals surface area contributed by atoms with Gasteiger partial charge in [0, 0.05) is 24.1 Å². The van der Waals surface area contributed by atoms with Crippen molar-refractivity contribution in [1.82, 2.24) is 5.32 Å². The Labute approximate surface area is 113 Å². The lowest BCUT2D eigenvalue weighted by Gasteiger charge is -2.26. The van der Waals surface area contributed by atoms with Gasteiger partial charge in [0.05, 0.1) is 6.61 Å². The highest BCUT2D eigenvalue weighted by Crippen LogP contribution is 2.35. The Hall–Kier alpha value is -0.510. The summed E-state index contributed by atoms with van der Waals surface area (Å²) in [4.78, 5) is 1.44. The maximum absolute atomic E-state index is 5.67. The van der Waals surface area contributed by atoms with Gasteiger partial charge in [0.15, 0.2) is 0 Å². The molecule has 1 aromatic rings. The van der Waals surface area contributed by atoms with E-state index in [9.17, 15) is 0 Å². The topological polar surface area (TPSA) is 21.3 Å². The molecule has 2 nitrogen and oxygen atoms in total. The maximum Gasteiger partial charge on any atom is 0.0591 e. The minimum atomic E-state index is 0.520. The summed E-state index contributed by atoms with van der Waals surface area (Å²) < 4.78 is 5.67. The molecule has 0 saturated heterocycles. The monoisotopic (exact) mass is 263 g/mol. The van der Waals surface area contributed by atoms with Gasteiger partial charge in [-0.2, -0.15) is 0 Å². The number of ether oxygens (including phenoxy) is 1. The van der Waals surface area contributed by atoms with Gasteiger partial charge in [0.25, 0.3) is 0 Å². The number of thioether (sulfide) groups is 1. The van der Waals surface area contributed by atoms with E-state index in [0.29, 0.717) is 6.04 Å². The van der Waals surface area contributed by atoms with E-state index < -0.39 is 0 Å². The fourth-order valence-electron chi connectivity index (χ4n) is 2.39. The van der Waals surface area contributed by atoms with E-state index in [0.717, 1.165) is 25.7 Å². The summed E-state index contributed by atoms with van der Waals surface area (Å²) in [7, 11) is 0. The largest absolute Gasteiger partial charge is 0.380 e. The molecule has 0 amide bonds. The molecule has 1 aromatic carbocycles. The second-order valence-electron chi connectivity index (χ2n) is 5.20. The highest BCUT2D eigenvalue weighted by molar-refractivity contribution is 7.99. The molecule has 0 radical (unpaired) electrons. The van der Waals surface area contributed by atoms with Crippen LogP contribution in [0.25, 0.3) is 0 Å². The third-order valence-electron chi connectivity index (χ3n) is 3.65. The molecule has 0 aromatic heterocycles. The lowest BCUT2D eigenvalue weighted by molar-refractivity contribution is 0.124. The van der Waals surface area contributed by atoms with Crippen LogP contribution < -0.4 is 5.32 Å². The van der Waals surface area contributed by atoms with Crippen LogP contribution in [-0.4, -0.2) is 25.5 Å². The van der Waals surface area contributed by atoms with Gasteiger partial charge in [-0.05, 0) is 42.6 Å². The van der Waals surface area contributed by atoms with Crippen LogP contribution in [0.4, 0.5) is 0 Å². The molecule has 2 aliphatic rings. The average Bonchev–Trinajstić information content (AvgIpc) is 3.23. The molecule has 1 aliphatic carbocycles. The van der Waals surface area contributed by atoms with Crippen LogP contribution in [0.5, 0.6) is 0 Å². The lowest BCUT2D eigenvalue weighted by Crippen LogP contribution is -2.28. The molecule has 1 atom stereocenters. The second-order valence-corrected chi connectivity index (χ2v) is 6.34. The van der Waals surface area contributed by atoms with E-state index in [1.165, 1.54) is 35.5 Å². The van der Waals surface area contributed by atoms with Crippen LogP contribution in [0, 0.1) is 5.92 Å². The van der Waals surface area contributed by atoms with Crippen molar-refractivity contribution in [2.75, 3.05) is 25.5 Å². The van der Waals surface area contributed by atoms with Gasteiger partial charge in [0.1, 0.15) is 0 Å². The van der Waals surface area contributed by atoms with E-state index in [1.807, 2.05) is 11.8 Å². The smallest absolute Gasteiger partial charge is 0.0591 e. The predicted octanol–water partition coefficient (Wildman–Crippen LogP) is 3.24. The summed E-state index contributed by atoms with van der Waals surface area (Å²) in [5, 5.41) is 3.63. The molecule has 1 heterocycles. The minimum Gasteiger partial charge on any atom is -0.380 e.